The normalized spacial score (nSPS) is 11.5. The van der Waals surface area contributed by atoms with E-state index in [0.29, 0.717) is 5.69 Å². The molecule has 0 unspecified atom stereocenters. The van der Waals surface area contributed by atoms with Crippen molar-refractivity contribution in [3.8, 4) is 0 Å². The second kappa shape index (κ2) is 6.51. The Labute approximate surface area is 144 Å². The van der Waals surface area contributed by atoms with Crippen molar-refractivity contribution in [3.05, 3.63) is 71.2 Å². The number of imidazole rings is 1. The fourth-order valence-electron chi connectivity index (χ4n) is 2.43. The number of rotatable bonds is 4. The number of amides is 1. The van der Waals surface area contributed by atoms with Crippen molar-refractivity contribution in [2.75, 3.05) is 0 Å². The van der Waals surface area contributed by atoms with Crippen molar-refractivity contribution in [2.24, 2.45) is 0 Å². The second-order valence-corrected chi connectivity index (χ2v) is 5.44. The number of aromatic carboxylic acids is 1. The van der Waals surface area contributed by atoms with Crippen LogP contribution in [0, 0.1) is 0 Å². The third-order valence-corrected chi connectivity index (χ3v) is 3.67. The molecule has 0 fully saturated rings. The molecule has 0 spiro atoms. The summed E-state index contributed by atoms with van der Waals surface area (Å²) in [5.74, 6) is -1.85. The van der Waals surface area contributed by atoms with Gasteiger partial charge in [0.1, 0.15) is 5.65 Å². The lowest BCUT2D eigenvalue weighted by Crippen LogP contribution is -2.25. The molecular weight excluding hydrogens is 351 g/mol. The van der Waals surface area contributed by atoms with E-state index in [2.05, 4.69) is 10.3 Å². The van der Waals surface area contributed by atoms with Gasteiger partial charge in [-0.25, -0.2) is 9.78 Å². The van der Waals surface area contributed by atoms with Crippen molar-refractivity contribution in [2.45, 2.75) is 12.7 Å². The largest absolute Gasteiger partial charge is 0.478 e. The molecule has 1 amide bonds. The van der Waals surface area contributed by atoms with Gasteiger partial charge in [0.25, 0.3) is 5.91 Å². The van der Waals surface area contributed by atoms with Crippen LogP contribution in [0.5, 0.6) is 0 Å². The quantitative estimate of drug-likeness (QED) is 0.746. The van der Waals surface area contributed by atoms with Crippen LogP contribution in [0.4, 0.5) is 13.2 Å². The molecule has 9 heteroatoms. The van der Waals surface area contributed by atoms with Gasteiger partial charge in [-0.2, -0.15) is 13.2 Å². The Balaban J connectivity index is 1.78. The van der Waals surface area contributed by atoms with Crippen molar-refractivity contribution in [3.63, 3.8) is 0 Å². The smallest absolute Gasteiger partial charge is 0.416 e. The van der Waals surface area contributed by atoms with Crippen LogP contribution in [0.1, 0.15) is 32.0 Å². The van der Waals surface area contributed by atoms with Crippen LogP contribution in [0.2, 0.25) is 0 Å². The minimum Gasteiger partial charge on any atom is -0.478 e. The first-order valence-electron chi connectivity index (χ1n) is 7.41. The van der Waals surface area contributed by atoms with Crippen LogP contribution in [-0.2, 0) is 12.7 Å². The highest BCUT2D eigenvalue weighted by atomic mass is 19.4. The predicted octanol–water partition coefficient (Wildman–Crippen LogP) is 2.98. The average Bonchev–Trinajstić information content (AvgIpc) is 3.01. The minimum absolute atomic E-state index is 0.0110. The summed E-state index contributed by atoms with van der Waals surface area (Å²) in [6, 6.07) is 7.55. The fourth-order valence-corrected chi connectivity index (χ4v) is 2.43. The number of alkyl halides is 3. The summed E-state index contributed by atoms with van der Waals surface area (Å²) < 4.78 is 39.6. The van der Waals surface area contributed by atoms with Crippen molar-refractivity contribution < 1.29 is 27.9 Å². The summed E-state index contributed by atoms with van der Waals surface area (Å²) in [5, 5.41) is 11.6. The van der Waals surface area contributed by atoms with Gasteiger partial charge in [-0.3, -0.25) is 4.79 Å². The number of hydrogen-bond donors (Lipinski definition) is 2. The van der Waals surface area contributed by atoms with E-state index in [9.17, 15) is 22.8 Å². The SMILES string of the molecule is O=C(O)c1ccccc1C(=O)NCc1cn2ccc(C(F)(F)F)cc2n1. The highest BCUT2D eigenvalue weighted by molar-refractivity contribution is 6.04. The second-order valence-electron chi connectivity index (χ2n) is 5.44. The molecule has 2 N–H and O–H groups in total. The third-order valence-electron chi connectivity index (χ3n) is 3.67. The zero-order valence-electron chi connectivity index (χ0n) is 13.1. The van der Waals surface area contributed by atoms with E-state index in [1.54, 1.807) is 0 Å². The number of aromatic nitrogens is 2. The first-order valence-corrected chi connectivity index (χ1v) is 7.41. The van der Waals surface area contributed by atoms with E-state index >= 15 is 0 Å². The van der Waals surface area contributed by atoms with Crippen LogP contribution in [-0.4, -0.2) is 26.4 Å². The van der Waals surface area contributed by atoms with Crippen LogP contribution in [0.15, 0.2) is 48.8 Å². The summed E-state index contributed by atoms with van der Waals surface area (Å²) in [7, 11) is 0. The maximum Gasteiger partial charge on any atom is 0.416 e. The summed E-state index contributed by atoms with van der Waals surface area (Å²) in [6.45, 7) is -0.0597. The van der Waals surface area contributed by atoms with Crippen LogP contribution >= 0.6 is 0 Å². The number of pyridine rings is 1. The van der Waals surface area contributed by atoms with Gasteiger partial charge in [-0.05, 0) is 24.3 Å². The molecule has 0 aliphatic rings. The monoisotopic (exact) mass is 363 g/mol. The summed E-state index contributed by atoms with van der Waals surface area (Å²) in [4.78, 5) is 27.4. The van der Waals surface area contributed by atoms with Crippen LogP contribution < -0.4 is 5.32 Å². The van der Waals surface area contributed by atoms with E-state index in [4.69, 9.17) is 5.11 Å². The van der Waals surface area contributed by atoms with Crippen LogP contribution in [0.3, 0.4) is 0 Å². The van der Waals surface area contributed by atoms with Gasteiger partial charge < -0.3 is 14.8 Å². The molecule has 0 radical (unpaired) electrons. The molecule has 0 saturated heterocycles. The average molecular weight is 363 g/mol. The Bertz CT molecular complexity index is 996. The number of hydrogen-bond acceptors (Lipinski definition) is 3. The number of nitrogens with one attached hydrogen (secondary N) is 1. The zero-order valence-corrected chi connectivity index (χ0v) is 13.1. The molecular formula is C17H12F3N3O3. The minimum atomic E-state index is -4.47. The van der Waals surface area contributed by atoms with Crippen LogP contribution in [0.25, 0.3) is 5.65 Å². The molecule has 2 heterocycles. The molecule has 3 aromatic rings. The molecule has 1 aromatic carbocycles. The molecule has 6 nitrogen and oxygen atoms in total. The number of halogens is 3. The van der Waals surface area contributed by atoms with Crippen molar-refractivity contribution in [1.29, 1.82) is 0 Å². The van der Waals surface area contributed by atoms with Crippen molar-refractivity contribution >= 4 is 17.5 Å². The molecule has 0 aliphatic carbocycles. The summed E-state index contributed by atoms with van der Waals surface area (Å²) in [6.07, 6.45) is -1.75. The Morgan fingerprint density at radius 3 is 2.50 bits per heavy atom. The zero-order chi connectivity index (χ0) is 18.9. The highest BCUT2D eigenvalue weighted by Crippen LogP contribution is 2.29. The molecule has 0 aliphatic heterocycles. The lowest BCUT2D eigenvalue weighted by Gasteiger charge is -2.06. The number of nitrogens with zero attached hydrogens (tertiary/aromatic N) is 2. The van der Waals surface area contributed by atoms with Crippen molar-refractivity contribution in [1.82, 2.24) is 14.7 Å². The lowest BCUT2D eigenvalue weighted by molar-refractivity contribution is -0.137. The first kappa shape index (κ1) is 17.5. The highest BCUT2D eigenvalue weighted by Gasteiger charge is 2.30. The van der Waals surface area contributed by atoms with E-state index in [0.717, 1.165) is 12.1 Å². The number of benzene rings is 1. The van der Waals surface area contributed by atoms with Gasteiger partial charge in [-0.1, -0.05) is 12.1 Å². The molecule has 26 heavy (non-hydrogen) atoms. The third kappa shape index (κ3) is 3.51. The lowest BCUT2D eigenvalue weighted by atomic mass is 10.1. The Kier molecular flexibility index (Phi) is 4.37. The summed E-state index contributed by atoms with van der Waals surface area (Å²) >= 11 is 0. The standard InChI is InChI=1S/C17H12F3N3O3/c18-17(19,20)10-5-6-23-9-11(22-14(23)7-10)8-21-15(24)12-3-1-2-4-13(12)16(25)26/h1-7,9H,8H2,(H,21,24)(H,25,26). The molecule has 2 aromatic heterocycles. The Hall–Kier alpha value is -3.36. The number of carbonyl (C=O) groups is 2. The molecule has 0 bridgehead atoms. The van der Waals surface area contributed by atoms with E-state index < -0.39 is 23.6 Å². The maximum atomic E-state index is 12.7. The van der Waals surface area contributed by atoms with Gasteiger partial charge >= 0.3 is 12.1 Å². The fraction of sp³-hybridized carbons (Fsp3) is 0.118. The predicted molar refractivity (Wildman–Crippen MR) is 84.8 cm³/mol. The van der Waals surface area contributed by atoms with E-state index in [1.165, 1.54) is 41.1 Å². The molecule has 3 rings (SSSR count). The van der Waals surface area contributed by atoms with E-state index in [-0.39, 0.29) is 23.3 Å². The molecule has 134 valence electrons. The topological polar surface area (TPSA) is 83.7 Å². The maximum absolute atomic E-state index is 12.7. The number of carboxylic acids is 1. The Morgan fingerprint density at radius 1 is 1.15 bits per heavy atom. The number of fused-ring (bicyclic) bond motifs is 1. The molecule has 0 atom stereocenters. The van der Waals surface area contributed by atoms with Gasteiger partial charge in [0.05, 0.1) is 28.9 Å². The number of carboxylic acid groups (broad SMARTS) is 1. The first-order chi connectivity index (χ1) is 12.3. The Morgan fingerprint density at radius 2 is 1.85 bits per heavy atom. The van der Waals surface area contributed by atoms with Gasteiger partial charge in [0.2, 0.25) is 0 Å². The summed E-state index contributed by atoms with van der Waals surface area (Å²) in [5.41, 5.74) is -0.542. The van der Waals surface area contributed by atoms with Gasteiger partial charge in [0.15, 0.2) is 0 Å². The molecule has 0 saturated carbocycles. The number of carbonyl (C=O) groups excluding carboxylic acids is 1. The van der Waals surface area contributed by atoms with Gasteiger partial charge in [0, 0.05) is 12.4 Å². The van der Waals surface area contributed by atoms with Gasteiger partial charge in [-0.15, -0.1) is 0 Å². The van der Waals surface area contributed by atoms with E-state index in [1.807, 2.05) is 0 Å².